The van der Waals surface area contributed by atoms with Crippen LogP contribution >= 0.6 is 0 Å². The number of hydrogen-bond donors (Lipinski definition) is 1. The summed E-state index contributed by atoms with van der Waals surface area (Å²) in [6.07, 6.45) is 8.83. The number of aliphatic hydroxyl groups excluding tert-OH is 1. The molecule has 2 nitrogen and oxygen atoms in total. The summed E-state index contributed by atoms with van der Waals surface area (Å²) in [5, 5.41) is 10.7. The maximum atomic E-state index is 10.7. The lowest BCUT2D eigenvalue weighted by atomic mass is 9.51. The molecule has 1 N–H and O–H groups in total. The number of rotatable bonds is 3. The summed E-state index contributed by atoms with van der Waals surface area (Å²) in [5.74, 6) is 3.41. The van der Waals surface area contributed by atoms with Crippen LogP contribution < -0.4 is 4.74 Å². The van der Waals surface area contributed by atoms with Crippen molar-refractivity contribution in [2.24, 2.45) is 23.2 Å². The van der Waals surface area contributed by atoms with E-state index in [1.165, 1.54) is 30.4 Å². The van der Waals surface area contributed by atoms with Gasteiger partial charge in [0.05, 0.1) is 13.2 Å². The van der Waals surface area contributed by atoms with E-state index in [-0.39, 0.29) is 11.5 Å². The van der Waals surface area contributed by atoms with Gasteiger partial charge in [-0.05, 0) is 90.9 Å². The molecule has 0 spiro atoms. The van der Waals surface area contributed by atoms with Crippen LogP contribution in [0.15, 0.2) is 30.9 Å². The molecule has 1 aromatic carbocycles. The van der Waals surface area contributed by atoms with E-state index in [2.05, 4.69) is 37.8 Å². The lowest BCUT2D eigenvalue weighted by Gasteiger charge is -2.53. The minimum absolute atomic E-state index is 0.101. The average molecular weight is 326 g/mol. The second-order valence-electron chi connectivity index (χ2n) is 8.18. The number of allylic oxidation sites excluding steroid dienone is 1. The Kier molecular flexibility index (Phi) is 3.99. The molecule has 0 aliphatic heterocycles. The molecular weight excluding hydrogens is 296 g/mol. The summed E-state index contributed by atoms with van der Waals surface area (Å²) in [4.78, 5) is 0. The van der Waals surface area contributed by atoms with Crippen LogP contribution in [0.5, 0.6) is 5.75 Å². The van der Waals surface area contributed by atoms with Crippen LogP contribution in [-0.4, -0.2) is 18.3 Å². The third-order valence-corrected chi connectivity index (χ3v) is 7.66. The first-order valence-corrected chi connectivity index (χ1v) is 9.62. The Morgan fingerprint density at radius 2 is 2.17 bits per heavy atom. The lowest BCUT2D eigenvalue weighted by molar-refractivity contribution is -0.0480. The van der Waals surface area contributed by atoms with E-state index in [1.807, 2.05) is 0 Å². The zero-order valence-corrected chi connectivity index (χ0v) is 15.0. The number of aliphatic hydroxyl groups is 1. The molecule has 24 heavy (non-hydrogen) atoms. The summed E-state index contributed by atoms with van der Waals surface area (Å²) < 4.78 is 5.44. The van der Waals surface area contributed by atoms with Crippen molar-refractivity contribution >= 4 is 0 Å². The highest BCUT2D eigenvalue weighted by molar-refractivity contribution is 5.42. The van der Waals surface area contributed by atoms with Crippen LogP contribution in [0.25, 0.3) is 0 Å². The normalized spacial score (nSPS) is 40.4. The van der Waals surface area contributed by atoms with Gasteiger partial charge in [-0.2, -0.15) is 0 Å². The predicted octanol–water partition coefficient (Wildman–Crippen LogP) is 4.71. The number of ether oxygens (including phenoxy) is 1. The summed E-state index contributed by atoms with van der Waals surface area (Å²) in [5.41, 5.74) is 3.14. The Balaban J connectivity index is 1.77. The van der Waals surface area contributed by atoms with E-state index in [1.54, 1.807) is 7.11 Å². The average Bonchev–Trinajstić information content (AvgIpc) is 2.97. The van der Waals surface area contributed by atoms with E-state index < -0.39 is 0 Å². The summed E-state index contributed by atoms with van der Waals surface area (Å²) in [6.45, 7) is 6.46. The van der Waals surface area contributed by atoms with E-state index in [9.17, 15) is 5.11 Å². The zero-order valence-electron chi connectivity index (χ0n) is 15.0. The van der Waals surface area contributed by atoms with Gasteiger partial charge in [0.2, 0.25) is 0 Å². The quantitative estimate of drug-likeness (QED) is 0.815. The third-order valence-electron chi connectivity index (χ3n) is 7.66. The van der Waals surface area contributed by atoms with Crippen LogP contribution in [0, 0.1) is 23.2 Å². The van der Waals surface area contributed by atoms with Crippen LogP contribution in [0.3, 0.4) is 0 Å². The first-order chi connectivity index (χ1) is 11.6. The van der Waals surface area contributed by atoms with Gasteiger partial charge in [-0.25, -0.2) is 0 Å². The van der Waals surface area contributed by atoms with Crippen molar-refractivity contribution in [2.75, 3.05) is 7.11 Å². The van der Waals surface area contributed by atoms with Gasteiger partial charge < -0.3 is 9.84 Å². The SMILES string of the molecule is C=C[C@@H]1Cc2cc(OC)ccc2[C@H]2CC[C@]3(CC)[C@@H](O)CC[C@H]3[C@H]12. The van der Waals surface area contributed by atoms with E-state index in [4.69, 9.17) is 4.74 Å². The Bertz CT molecular complexity index is 637. The maximum absolute atomic E-state index is 10.7. The highest BCUT2D eigenvalue weighted by Gasteiger charge is 2.57. The van der Waals surface area contributed by atoms with Crippen molar-refractivity contribution in [1.29, 1.82) is 0 Å². The smallest absolute Gasteiger partial charge is 0.119 e. The highest BCUT2D eigenvalue weighted by Crippen LogP contribution is 2.63. The molecule has 2 fully saturated rings. The molecule has 0 unspecified atom stereocenters. The topological polar surface area (TPSA) is 29.5 Å². The Morgan fingerprint density at radius 1 is 1.33 bits per heavy atom. The molecule has 3 aliphatic rings. The van der Waals surface area contributed by atoms with Crippen LogP contribution in [-0.2, 0) is 6.42 Å². The number of methoxy groups -OCH3 is 1. The van der Waals surface area contributed by atoms with Gasteiger partial charge in [0.25, 0.3) is 0 Å². The summed E-state index contributed by atoms with van der Waals surface area (Å²) in [6, 6.07) is 6.65. The van der Waals surface area contributed by atoms with Crippen molar-refractivity contribution in [3.8, 4) is 5.75 Å². The molecule has 0 amide bonds. The maximum Gasteiger partial charge on any atom is 0.119 e. The molecule has 6 atom stereocenters. The minimum atomic E-state index is -0.101. The van der Waals surface area contributed by atoms with E-state index in [0.717, 1.165) is 25.0 Å². The minimum Gasteiger partial charge on any atom is -0.497 e. The van der Waals surface area contributed by atoms with Crippen molar-refractivity contribution in [1.82, 2.24) is 0 Å². The fourth-order valence-corrected chi connectivity index (χ4v) is 6.50. The Hall–Kier alpha value is -1.28. The van der Waals surface area contributed by atoms with Crippen molar-refractivity contribution in [3.63, 3.8) is 0 Å². The molecule has 0 radical (unpaired) electrons. The van der Waals surface area contributed by atoms with Gasteiger partial charge in [-0.3, -0.25) is 0 Å². The summed E-state index contributed by atoms with van der Waals surface area (Å²) in [7, 11) is 1.74. The first kappa shape index (κ1) is 16.2. The fraction of sp³-hybridized carbons (Fsp3) is 0.636. The number of fused-ring (bicyclic) bond motifs is 5. The predicted molar refractivity (Wildman–Crippen MR) is 97.3 cm³/mol. The van der Waals surface area contributed by atoms with Crippen molar-refractivity contribution < 1.29 is 9.84 Å². The molecule has 0 bridgehead atoms. The zero-order chi connectivity index (χ0) is 16.9. The van der Waals surface area contributed by atoms with Gasteiger partial charge in [0.15, 0.2) is 0 Å². The van der Waals surface area contributed by atoms with Gasteiger partial charge >= 0.3 is 0 Å². The van der Waals surface area contributed by atoms with Crippen molar-refractivity contribution in [3.05, 3.63) is 42.0 Å². The molecule has 4 rings (SSSR count). The molecule has 0 heterocycles. The highest BCUT2D eigenvalue weighted by atomic mass is 16.5. The first-order valence-electron chi connectivity index (χ1n) is 9.62. The second kappa shape index (κ2) is 5.91. The largest absolute Gasteiger partial charge is 0.497 e. The number of benzene rings is 1. The van der Waals surface area contributed by atoms with Gasteiger partial charge in [-0.15, -0.1) is 6.58 Å². The fourth-order valence-electron chi connectivity index (χ4n) is 6.50. The van der Waals surface area contributed by atoms with Gasteiger partial charge in [0, 0.05) is 0 Å². The molecule has 0 aromatic heterocycles. The van der Waals surface area contributed by atoms with Gasteiger partial charge in [-0.1, -0.05) is 19.1 Å². The molecule has 130 valence electrons. The molecule has 3 aliphatic carbocycles. The Morgan fingerprint density at radius 3 is 2.88 bits per heavy atom. The Labute approximate surface area is 145 Å². The van der Waals surface area contributed by atoms with Crippen LogP contribution in [0.4, 0.5) is 0 Å². The summed E-state index contributed by atoms with van der Waals surface area (Å²) >= 11 is 0. The molecule has 1 aromatic rings. The lowest BCUT2D eigenvalue weighted by Crippen LogP contribution is -2.48. The molecule has 2 saturated carbocycles. The van der Waals surface area contributed by atoms with Crippen LogP contribution in [0.1, 0.15) is 56.1 Å². The molecule has 0 saturated heterocycles. The van der Waals surface area contributed by atoms with Gasteiger partial charge in [0.1, 0.15) is 5.75 Å². The van der Waals surface area contributed by atoms with Crippen LogP contribution in [0.2, 0.25) is 0 Å². The monoisotopic (exact) mass is 326 g/mol. The van der Waals surface area contributed by atoms with E-state index in [0.29, 0.717) is 23.7 Å². The second-order valence-corrected chi connectivity index (χ2v) is 8.18. The van der Waals surface area contributed by atoms with Crippen molar-refractivity contribution in [2.45, 2.75) is 57.5 Å². The standard InChI is InChI=1S/C22H30O2/c1-4-14-12-15-13-16(24-3)6-7-17(15)18-10-11-22(5-2)19(21(14)18)8-9-20(22)23/h4,6-7,13-14,18-21,23H,1,5,8-12H2,2-3H3/t14-,18-,19+,20+,21-,22+/m1/s1. The molecular formula is C22H30O2. The molecule has 2 heteroatoms. The third kappa shape index (κ3) is 2.12. The number of hydrogen-bond acceptors (Lipinski definition) is 2. The van der Waals surface area contributed by atoms with E-state index >= 15 is 0 Å².